The van der Waals surface area contributed by atoms with Gasteiger partial charge in [-0.05, 0) is 38.0 Å². The molecule has 4 rings (SSSR count). The summed E-state index contributed by atoms with van der Waals surface area (Å²) < 4.78 is 41.6. The predicted molar refractivity (Wildman–Crippen MR) is 94.3 cm³/mol. The van der Waals surface area contributed by atoms with E-state index in [1.807, 2.05) is 18.2 Å². The fraction of sp³-hybridized carbons (Fsp3) is 0.389. The van der Waals surface area contributed by atoms with Gasteiger partial charge in [0.15, 0.2) is 0 Å². The van der Waals surface area contributed by atoms with Crippen LogP contribution in [0.4, 0.5) is 19.0 Å². The molecule has 27 heavy (non-hydrogen) atoms. The number of rotatable bonds is 3. The molecule has 2 aromatic heterocycles. The molecule has 6 nitrogen and oxygen atoms in total. The van der Waals surface area contributed by atoms with Crippen molar-refractivity contribution in [2.45, 2.75) is 46.1 Å². The maximum atomic E-state index is 13.2. The minimum Gasteiger partial charge on any atom is -0.363 e. The van der Waals surface area contributed by atoms with Crippen LogP contribution in [0, 0.1) is 13.8 Å². The Hall–Kier alpha value is -2.68. The number of benzene rings is 1. The van der Waals surface area contributed by atoms with Gasteiger partial charge in [-0.2, -0.15) is 18.2 Å². The first-order valence-electron chi connectivity index (χ1n) is 8.65. The molecule has 0 fully saturated rings. The van der Waals surface area contributed by atoms with E-state index in [4.69, 9.17) is 0 Å². The zero-order valence-electron chi connectivity index (χ0n) is 15.1. The van der Waals surface area contributed by atoms with E-state index in [1.165, 1.54) is 13.0 Å². The largest absolute Gasteiger partial charge is 0.416 e. The van der Waals surface area contributed by atoms with Crippen LogP contribution in [0.25, 0.3) is 5.78 Å². The minimum atomic E-state index is -4.37. The molecule has 3 heterocycles. The van der Waals surface area contributed by atoms with Crippen molar-refractivity contribution in [3.63, 3.8) is 0 Å². The summed E-state index contributed by atoms with van der Waals surface area (Å²) in [5.41, 5.74) is 2.21. The van der Waals surface area contributed by atoms with Gasteiger partial charge >= 0.3 is 6.18 Å². The van der Waals surface area contributed by atoms with Gasteiger partial charge in [0.1, 0.15) is 11.6 Å². The molecule has 1 aliphatic rings. The van der Waals surface area contributed by atoms with Gasteiger partial charge in [-0.3, -0.25) is 4.40 Å². The Balaban J connectivity index is 1.74. The van der Waals surface area contributed by atoms with E-state index < -0.39 is 11.7 Å². The zero-order valence-corrected chi connectivity index (χ0v) is 15.1. The van der Waals surface area contributed by atoms with E-state index in [0.29, 0.717) is 30.2 Å². The molecule has 1 atom stereocenters. The quantitative estimate of drug-likeness (QED) is 0.732. The molecule has 0 aliphatic carbocycles. The zero-order chi connectivity index (χ0) is 19.3. The highest BCUT2D eigenvalue weighted by Crippen LogP contribution is 2.35. The molecule has 9 heteroatoms. The third-order valence-electron chi connectivity index (χ3n) is 5.02. The Bertz CT molecular complexity index is 1020. The highest BCUT2D eigenvalue weighted by atomic mass is 19.4. The Kier molecular flexibility index (Phi) is 4.06. The Morgan fingerprint density at radius 1 is 1.19 bits per heavy atom. The van der Waals surface area contributed by atoms with Crippen LogP contribution in [0.1, 0.15) is 46.7 Å². The Morgan fingerprint density at radius 3 is 2.70 bits per heavy atom. The SMILES string of the molecule is Cc1c([C@@H](C)Nc2nc3nnc(C)n3c3c2CNC3)cccc1C(F)(F)F. The van der Waals surface area contributed by atoms with Crippen molar-refractivity contribution in [3.8, 4) is 0 Å². The van der Waals surface area contributed by atoms with E-state index in [-0.39, 0.29) is 11.6 Å². The second-order valence-electron chi connectivity index (χ2n) is 6.76. The van der Waals surface area contributed by atoms with Crippen LogP contribution >= 0.6 is 0 Å². The number of nitrogens with zero attached hydrogens (tertiary/aromatic N) is 4. The van der Waals surface area contributed by atoms with Crippen molar-refractivity contribution >= 4 is 11.6 Å². The predicted octanol–water partition coefficient (Wildman–Crippen LogP) is 3.54. The molecule has 2 N–H and O–H groups in total. The Labute approximate surface area is 153 Å². The van der Waals surface area contributed by atoms with Gasteiger partial charge < -0.3 is 10.6 Å². The average Bonchev–Trinajstić information content (AvgIpc) is 3.21. The second kappa shape index (κ2) is 6.19. The highest BCUT2D eigenvalue weighted by Gasteiger charge is 2.33. The molecular formula is C18H19F3N6. The molecule has 0 saturated heterocycles. The molecule has 0 spiro atoms. The lowest BCUT2D eigenvalue weighted by molar-refractivity contribution is -0.138. The molecule has 1 aromatic carbocycles. The van der Waals surface area contributed by atoms with Crippen molar-refractivity contribution in [1.29, 1.82) is 0 Å². The van der Waals surface area contributed by atoms with Gasteiger partial charge in [0.2, 0.25) is 0 Å². The standard InChI is InChI=1S/C18H19F3N6/c1-9-12(5-4-6-14(9)18(19,20)21)10(2)23-16-13-7-22-8-15(13)27-11(3)25-26-17(27)24-16/h4-6,10,22H,7-8H2,1-3H3,(H,23,24,26)/t10-/m1/s1. The fourth-order valence-corrected chi connectivity index (χ4v) is 3.69. The summed E-state index contributed by atoms with van der Waals surface area (Å²) in [7, 11) is 0. The first kappa shape index (κ1) is 17.7. The van der Waals surface area contributed by atoms with Gasteiger partial charge in [-0.1, -0.05) is 12.1 Å². The van der Waals surface area contributed by atoms with E-state index in [2.05, 4.69) is 25.8 Å². The lowest BCUT2D eigenvalue weighted by Crippen LogP contribution is -2.16. The average molecular weight is 376 g/mol. The molecule has 0 bridgehead atoms. The van der Waals surface area contributed by atoms with E-state index in [9.17, 15) is 13.2 Å². The highest BCUT2D eigenvalue weighted by molar-refractivity contribution is 5.55. The molecule has 0 unspecified atom stereocenters. The molecule has 0 radical (unpaired) electrons. The van der Waals surface area contributed by atoms with Gasteiger partial charge in [0, 0.05) is 24.3 Å². The number of hydrogen-bond acceptors (Lipinski definition) is 5. The van der Waals surface area contributed by atoms with E-state index in [1.54, 1.807) is 6.07 Å². The summed E-state index contributed by atoms with van der Waals surface area (Å²) in [6, 6.07) is 3.90. The van der Waals surface area contributed by atoms with Gasteiger partial charge in [-0.15, -0.1) is 10.2 Å². The summed E-state index contributed by atoms with van der Waals surface area (Å²) in [6.07, 6.45) is -4.37. The lowest BCUT2D eigenvalue weighted by atomic mass is 9.97. The van der Waals surface area contributed by atoms with Crippen LogP contribution in [0.3, 0.4) is 0 Å². The number of aromatic nitrogens is 4. The van der Waals surface area contributed by atoms with Gasteiger partial charge in [-0.25, -0.2) is 0 Å². The molecule has 1 aliphatic heterocycles. The number of anilines is 1. The maximum absolute atomic E-state index is 13.2. The molecular weight excluding hydrogens is 357 g/mol. The maximum Gasteiger partial charge on any atom is 0.416 e. The summed E-state index contributed by atoms with van der Waals surface area (Å²) in [4.78, 5) is 4.55. The third-order valence-corrected chi connectivity index (χ3v) is 5.02. The van der Waals surface area contributed by atoms with Crippen molar-refractivity contribution in [2.24, 2.45) is 0 Å². The third kappa shape index (κ3) is 2.91. The molecule has 142 valence electrons. The van der Waals surface area contributed by atoms with E-state index in [0.717, 1.165) is 23.1 Å². The molecule has 3 aromatic rings. The summed E-state index contributed by atoms with van der Waals surface area (Å²) in [6.45, 7) is 6.49. The van der Waals surface area contributed by atoms with Crippen LogP contribution in [-0.4, -0.2) is 19.6 Å². The summed E-state index contributed by atoms with van der Waals surface area (Å²) >= 11 is 0. The number of aryl methyl sites for hydroxylation is 1. The van der Waals surface area contributed by atoms with Crippen molar-refractivity contribution in [1.82, 2.24) is 24.9 Å². The molecule has 0 saturated carbocycles. The minimum absolute atomic E-state index is 0.221. The monoisotopic (exact) mass is 376 g/mol. The number of fused-ring (bicyclic) bond motifs is 3. The normalized spacial score (nSPS) is 15.2. The van der Waals surface area contributed by atoms with Crippen LogP contribution < -0.4 is 10.6 Å². The van der Waals surface area contributed by atoms with Crippen molar-refractivity contribution in [3.05, 3.63) is 52.0 Å². The number of alkyl halides is 3. The fourth-order valence-electron chi connectivity index (χ4n) is 3.69. The van der Waals surface area contributed by atoms with Crippen LogP contribution in [0.15, 0.2) is 18.2 Å². The Morgan fingerprint density at radius 2 is 1.96 bits per heavy atom. The number of nitrogens with one attached hydrogen (secondary N) is 2. The topological polar surface area (TPSA) is 67.1 Å². The smallest absolute Gasteiger partial charge is 0.363 e. The number of hydrogen-bond donors (Lipinski definition) is 2. The van der Waals surface area contributed by atoms with Crippen LogP contribution in [-0.2, 0) is 19.3 Å². The van der Waals surface area contributed by atoms with Crippen molar-refractivity contribution in [2.75, 3.05) is 5.32 Å². The van der Waals surface area contributed by atoms with Gasteiger partial charge in [0.05, 0.1) is 11.6 Å². The van der Waals surface area contributed by atoms with E-state index >= 15 is 0 Å². The summed E-state index contributed by atoms with van der Waals surface area (Å²) in [5, 5.41) is 14.7. The summed E-state index contributed by atoms with van der Waals surface area (Å²) in [5.74, 6) is 1.86. The van der Waals surface area contributed by atoms with Gasteiger partial charge in [0.25, 0.3) is 5.78 Å². The first-order chi connectivity index (χ1) is 12.8. The molecule has 0 amide bonds. The van der Waals surface area contributed by atoms with Crippen LogP contribution in [0.2, 0.25) is 0 Å². The van der Waals surface area contributed by atoms with Crippen molar-refractivity contribution < 1.29 is 13.2 Å². The number of halogens is 3. The van der Waals surface area contributed by atoms with Crippen LogP contribution in [0.5, 0.6) is 0 Å². The second-order valence-corrected chi connectivity index (χ2v) is 6.76. The first-order valence-corrected chi connectivity index (χ1v) is 8.65. The lowest BCUT2D eigenvalue weighted by Gasteiger charge is -2.21.